The van der Waals surface area contributed by atoms with E-state index in [1.165, 1.54) is 0 Å². The Morgan fingerprint density at radius 2 is 1.81 bits per heavy atom. The smallest absolute Gasteiger partial charge is 0.410 e. The number of carbonyl (C=O) groups is 4. The van der Waals surface area contributed by atoms with E-state index in [0.717, 1.165) is 16.2 Å². The molecule has 2 heterocycles. The van der Waals surface area contributed by atoms with Crippen LogP contribution in [0.15, 0.2) is 24.3 Å². The molecule has 0 saturated carbocycles. The zero-order valence-electron chi connectivity index (χ0n) is 14.4. The molecule has 0 bridgehead atoms. The van der Waals surface area contributed by atoms with Crippen molar-refractivity contribution in [2.24, 2.45) is 0 Å². The molecule has 2 atom stereocenters. The van der Waals surface area contributed by atoms with Crippen LogP contribution in [-0.4, -0.2) is 64.0 Å². The number of carboxylic acids is 1. The zero-order chi connectivity index (χ0) is 18.8. The number of unbranched alkanes of at least 4 members (excludes halogenated alkanes) is 1. The second-order valence-corrected chi connectivity index (χ2v) is 6.39. The molecule has 26 heavy (non-hydrogen) atoms. The fraction of sp³-hybridized carbons (Fsp3) is 0.444. The summed E-state index contributed by atoms with van der Waals surface area (Å²) in [5.74, 6) is -2.10. The van der Waals surface area contributed by atoms with Crippen molar-refractivity contribution in [3.05, 3.63) is 35.4 Å². The van der Waals surface area contributed by atoms with E-state index in [4.69, 9.17) is 4.74 Å². The highest BCUT2D eigenvalue weighted by molar-refractivity contribution is 6.21. The third-order valence-electron chi connectivity index (χ3n) is 4.71. The van der Waals surface area contributed by atoms with Gasteiger partial charge in [0.15, 0.2) is 0 Å². The van der Waals surface area contributed by atoms with Crippen LogP contribution in [0.2, 0.25) is 0 Å². The van der Waals surface area contributed by atoms with Crippen LogP contribution in [0.4, 0.5) is 4.79 Å². The van der Waals surface area contributed by atoms with Crippen molar-refractivity contribution in [3.8, 4) is 0 Å². The number of carboxylic acid groups (broad SMARTS) is 1. The highest BCUT2D eigenvalue weighted by Crippen LogP contribution is 2.30. The number of hydrogen-bond donors (Lipinski definition) is 1. The number of fused-ring (bicyclic) bond motifs is 1. The first kappa shape index (κ1) is 17.9. The van der Waals surface area contributed by atoms with E-state index in [1.54, 1.807) is 24.3 Å². The Morgan fingerprint density at radius 3 is 2.35 bits per heavy atom. The number of benzene rings is 1. The van der Waals surface area contributed by atoms with Crippen molar-refractivity contribution < 1.29 is 29.0 Å². The molecule has 8 heteroatoms. The Kier molecular flexibility index (Phi) is 4.92. The Hall–Kier alpha value is -2.90. The molecule has 1 aromatic rings. The molecule has 0 radical (unpaired) electrons. The molecule has 0 spiro atoms. The van der Waals surface area contributed by atoms with Gasteiger partial charge >= 0.3 is 12.1 Å². The molecule has 1 N–H and O–H groups in total. The minimum atomic E-state index is -1.18. The topological polar surface area (TPSA) is 104 Å². The van der Waals surface area contributed by atoms with Gasteiger partial charge in [-0.15, -0.1) is 0 Å². The average Bonchev–Trinajstić information content (AvgIpc) is 3.16. The van der Waals surface area contributed by atoms with E-state index >= 15 is 0 Å². The maximum absolute atomic E-state index is 12.6. The number of aliphatic carboxylic acids is 1. The van der Waals surface area contributed by atoms with Crippen molar-refractivity contribution in [1.82, 2.24) is 9.80 Å². The van der Waals surface area contributed by atoms with Gasteiger partial charge in [-0.3, -0.25) is 19.4 Å². The molecular weight excluding hydrogens is 340 g/mol. The van der Waals surface area contributed by atoms with Crippen LogP contribution in [0.3, 0.4) is 0 Å². The van der Waals surface area contributed by atoms with E-state index < -0.39 is 36.0 Å². The van der Waals surface area contributed by atoms with Crippen LogP contribution < -0.4 is 0 Å². The van der Waals surface area contributed by atoms with E-state index in [9.17, 15) is 24.3 Å². The summed E-state index contributed by atoms with van der Waals surface area (Å²) >= 11 is 0. The van der Waals surface area contributed by atoms with E-state index in [0.29, 0.717) is 17.5 Å². The monoisotopic (exact) mass is 360 g/mol. The molecule has 2 aliphatic heterocycles. The van der Waals surface area contributed by atoms with Crippen LogP contribution in [0, 0.1) is 0 Å². The Bertz CT molecular complexity index is 727. The molecule has 2 aliphatic rings. The minimum absolute atomic E-state index is 0.0102. The van der Waals surface area contributed by atoms with Crippen LogP contribution in [0.1, 0.15) is 46.9 Å². The number of imide groups is 1. The number of likely N-dealkylation sites (tertiary alicyclic amines) is 1. The highest BCUT2D eigenvalue weighted by atomic mass is 16.6. The SMILES string of the molecule is CCCCOC(=O)N1C[C@H](N2C(=O)c3ccccc3C2=O)CC1C(=O)O. The maximum Gasteiger partial charge on any atom is 0.410 e. The number of rotatable bonds is 5. The predicted molar refractivity (Wildman–Crippen MR) is 89.7 cm³/mol. The molecule has 3 rings (SSSR count). The normalized spacial score (nSPS) is 21.9. The molecule has 3 amide bonds. The van der Waals surface area contributed by atoms with Gasteiger partial charge < -0.3 is 9.84 Å². The summed E-state index contributed by atoms with van der Waals surface area (Å²) in [6.45, 7) is 2.10. The lowest BCUT2D eigenvalue weighted by atomic mass is 10.1. The summed E-state index contributed by atoms with van der Waals surface area (Å²) in [5, 5.41) is 9.43. The first-order valence-electron chi connectivity index (χ1n) is 8.58. The van der Waals surface area contributed by atoms with Gasteiger partial charge in [0.25, 0.3) is 11.8 Å². The maximum atomic E-state index is 12.6. The van der Waals surface area contributed by atoms with E-state index in [-0.39, 0.29) is 19.6 Å². The molecule has 8 nitrogen and oxygen atoms in total. The van der Waals surface area contributed by atoms with Gasteiger partial charge in [0.05, 0.1) is 23.8 Å². The van der Waals surface area contributed by atoms with Crippen molar-refractivity contribution >= 4 is 23.9 Å². The molecule has 0 aromatic heterocycles. The summed E-state index contributed by atoms with van der Waals surface area (Å²) in [6.07, 6.45) is 0.779. The summed E-state index contributed by atoms with van der Waals surface area (Å²) in [7, 11) is 0. The second-order valence-electron chi connectivity index (χ2n) is 6.39. The number of ether oxygens (including phenoxy) is 1. The van der Waals surface area contributed by atoms with Gasteiger partial charge in [0.2, 0.25) is 0 Å². The summed E-state index contributed by atoms with van der Waals surface area (Å²) in [6, 6.07) is 4.64. The number of amides is 3. The van der Waals surface area contributed by atoms with Crippen molar-refractivity contribution in [3.63, 3.8) is 0 Å². The molecular formula is C18H20N2O6. The summed E-state index contributed by atoms with van der Waals surface area (Å²) < 4.78 is 5.11. The zero-order valence-corrected chi connectivity index (χ0v) is 14.4. The first-order chi connectivity index (χ1) is 12.5. The lowest BCUT2D eigenvalue weighted by molar-refractivity contribution is -0.141. The molecule has 1 unspecified atom stereocenters. The lowest BCUT2D eigenvalue weighted by Crippen LogP contribution is -2.43. The van der Waals surface area contributed by atoms with Crippen LogP contribution in [0.25, 0.3) is 0 Å². The molecule has 1 fully saturated rings. The Labute approximate surface area is 150 Å². The number of hydrogen-bond acceptors (Lipinski definition) is 5. The lowest BCUT2D eigenvalue weighted by Gasteiger charge is -2.22. The Morgan fingerprint density at radius 1 is 1.19 bits per heavy atom. The van der Waals surface area contributed by atoms with Crippen molar-refractivity contribution in [2.75, 3.05) is 13.2 Å². The fourth-order valence-corrected chi connectivity index (χ4v) is 3.36. The van der Waals surface area contributed by atoms with Gasteiger partial charge in [-0.2, -0.15) is 0 Å². The largest absolute Gasteiger partial charge is 0.480 e. The van der Waals surface area contributed by atoms with E-state index in [2.05, 4.69) is 0 Å². The van der Waals surface area contributed by atoms with E-state index in [1.807, 2.05) is 6.92 Å². The number of carbonyl (C=O) groups excluding carboxylic acids is 3. The first-order valence-corrected chi connectivity index (χ1v) is 8.58. The molecule has 1 saturated heterocycles. The van der Waals surface area contributed by atoms with Crippen LogP contribution >= 0.6 is 0 Å². The number of nitrogens with zero attached hydrogens (tertiary/aromatic N) is 2. The second kappa shape index (κ2) is 7.15. The third kappa shape index (κ3) is 3.02. The van der Waals surface area contributed by atoms with Gasteiger partial charge in [-0.1, -0.05) is 25.5 Å². The van der Waals surface area contributed by atoms with Gasteiger partial charge in [-0.05, 0) is 18.6 Å². The molecule has 138 valence electrons. The van der Waals surface area contributed by atoms with Crippen molar-refractivity contribution in [1.29, 1.82) is 0 Å². The van der Waals surface area contributed by atoms with Crippen molar-refractivity contribution in [2.45, 2.75) is 38.3 Å². The summed E-state index contributed by atoms with van der Waals surface area (Å²) in [4.78, 5) is 51.1. The van der Waals surface area contributed by atoms with Crippen LogP contribution in [0.5, 0.6) is 0 Å². The highest BCUT2D eigenvalue weighted by Gasteiger charge is 2.48. The Balaban J connectivity index is 1.78. The molecule has 1 aromatic carbocycles. The minimum Gasteiger partial charge on any atom is -0.480 e. The van der Waals surface area contributed by atoms with Gasteiger partial charge in [0, 0.05) is 13.0 Å². The van der Waals surface area contributed by atoms with Gasteiger partial charge in [-0.25, -0.2) is 9.59 Å². The van der Waals surface area contributed by atoms with Gasteiger partial charge in [0.1, 0.15) is 6.04 Å². The fourth-order valence-electron chi connectivity index (χ4n) is 3.36. The van der Waals surface area contributed by atoms with Crippen LogP contribution in [-0.2, 0) is 9.53 Å². The third-order valence-corrected chi connectivity index (χ3v) is 4.71. The molecule has 0 aliphatic carbocycles. The summed E-state index contributed by atoms with van der Waals surface area (Å²) in [5.41, 5.74) is 0.599. The standard InChI is InChI=1S/C18H20N2O6/c1-2-3-8-26-18(25)19-10-11(9-14(19)17(23)24)20-15(21)12-6-4-5-7-13(12)16(20)22/h4-7,11,14H,2-3,8-10H2,1H3,(H,23,24)/t11-,14?/m1/s1. The predicted octanol–water partition coefficient (Wildman–Crippen LogP) is 1.75. The average molecular weight is 360 g/mol. The quantitative estimate of drug-likeness (QED) is 0.634.